The Balaban J connectivity index is 1.93. The molecular formula is C16H30N2O. The van der Waals surface area contributed by atoms with Gasteiger partial charge in [-0.25, -0.2) is 0 Å². The lowest BCUT2D eigenvalue weighted by Crippen LogP contribution is -2.53. The second-order valence-electron chi connectivity index (χ2n) is 6.48. The van der Waals surface area contributed by atoms with E-state index >= 15 is 0 Å². The number of rotatable bonds is 3. The molecular weight excluding hydrogens is 236 g/mol. The summed E-state index contributed by atoms with van der Waals surface area (Å²) in [6, 6.07) is 0.576. The third kappa shape index (κ3) is 3.50. The highest BCUT2D eigenvalue weighted by atomic mass is 16.2. The van der Waals surface area contributed by atoms with Crippen LogP contribution >= 0.6 is 0 Å². The van der Waals surface area contributed by atoms with Gasteiger partial charge < -0.3 is 4.90 Å². The number of piperidine rings is 2. The Morgan fingerprint density at radius 1 is 1.16 bits per heavy atom. The third-order valence-corrected chi connectivity index (χ3v) is 5.10. The molecule has 2 aliphatic heterocycles. The van der Waals surface area contributed by atoms with E-state index in [2.05, 4.69) is 30.6 Å². The molecule has 3 nitrogen and oxygen atoms in total. The average Bonchev–Trinajstić information content (AvgIpc) is 2.46. The molecule has 2 heterocycles. The van der Waals surface area contributed by atoms with Crippen LogP contribution in [0.3, 0.4) is 0 Å². The Bertz CT molecular complexity index is 297. The van der Waals surface area contributed by atoms with Gasteiger partial charge in [0.1, 0.15) is 0 Å². The van der Waals surface area contributed by atoms with E-state index in [4.69, 9.17) is 0 Å². The molecule has 2 aliphatic rings. The third-order valence-electron chi connectivity index (χ3n) is 5.10. The van der Waals surface area contributed by atoms with Gasteiger partial charge in [-0.1, -0.05) is 13.8 Å². The van der Waals surface area contributed by atoms with Crippen LogP contribution in [0.15, 0.2) is 0 Å². The van der Waals surface area contributed by atoms with E-state index in [0.717, 1.165) is 32.0 Å². The van der Waals surface area contributed by atoms with E-state index in [-0.39, 0.29) is 6.04 Å². The molecule has 2 saturated heterocycles. The monoisotopic (exact) mass is 266 g/mol. The fraction of sp³-hybridized carbons (Fsp3) is 0.938. The van der Waals surface area contributed by atoms with Crippen molar-refractivity contribution < 1.29 is 4.79 Å². The molecule has 2 fully saturated rings. The van der Waals surface area contributed by atoms with Gasteiger partial charge in [0, 0.05) is 12.6 Å². The molecule has 0 aromatic carbocycles. The van der Waals surface area contributed by atoms with Crippen LogP contribution in [0.2, 0.25) is 0 Å². The predicted molar refractivity (Wildman–Crippen MR) is 79.1 cm³/mol. The van der Waals surface area contributed by atoms with Crippen molar-refractivity contribution >= 4 is 5.91 Å². The average molecular weight is 266 g/mol. The van der Waals surface area contributed by atoms with E-state index < -0.39 is 0 Å². The standard InChI is InChI=1S/C16H30N2O/c1-4-15-7-5-6-10-18(15)16(19)14(3)17-11-8-13(2)9-12-17/h13-15H,4-12H2,1-3H3. The molecule has 0 bridgehead atoms. The van der Waals surface area contributed by atoms with Crippen LogP contribution in [-0.2, 0) is 4.79 Å². The normalized spacial score (nSPS) is 28.4. The number of likely N-dealkylation sites (tertiary alicyclic amines) is 2. The predicted octanol–water partition coefficient (Wildman–Crippen LogP) is 2.90. The summed E-state index contributed by atoms with van der Waals surface area (Å²) >= 11 is 0. The second-order valence-corrected chi connectivity index (χ2v) is 6.48. The van der Waals surface area contributed by atoms with Crippen LogP contribution < -0.4 is 0 Å². The highest BCUT2D eigenvalue weighted by molar-refractivity contribution is 5.82. The van der Waals surface area contributed by atoms with E-state index in [9.17, 15) is 4.79 Å². The summed E-state index contributed by atoms with van der Waals surface area (Å²) in [4.78, 5) is 17.3. The fourth-order valence-corrected chi connectivity index (χ4v) is 3.53. The fourth-order valence-electron chi connectivity index (χ4n) is 3.53. The minimum absolute atomic E-state index is 0.0830. The SMILES string of the molecule is CCC1CCCCN1C(=O)C(C)N1CCC(C)CC1. The molecule has 0 saturated carbocycles. The lowest BCUT2D eigenvalue weighted by Gasteiger charge is -2.41. The molecule has 2 atom stereocenters. The molecule has 0 N–H and O–H groups in total. The molecule has 19 heavy (non-hydrogen) atoms. The Morgan fingerprint density at radius 2 is 1.84 bits per heavy atom. The van der Waals surface area contributed by atoms with Crippen LogP contribution in [0.4, 0.5) is 0 Å². The van der Waals surface area contributed by atoms with Crippen molar-refractivity contribution in [3.8, 4) is 0 Å². The van der Waals surface area contributed by atoms with Crippen LogP contribution in [0.5, 0.6) is 0 Å². The summed E-state index contributed by atoms with van der Waals surface area (Å²) in [5.74, 6) is 1.21. The largest absolute Gasteiger partial charge is 0.338 e. The number of amides is 1. The zero-order valence-electron chi connectivity index (χ0n) is 12.9. The Morgan fingerprint density at radius 3 is 2.47 bits per heavy atom. The van der Waals surface area contributed by atoms with Crippen molar-refractivity contribution in [1.29, 1.82) is 0 Å². The highest BCUT2D eigenvalue weighted by Gasteiger charge is 2.32. The lowest BCUT2D eigenvalue weighted by molar-refractivity contribution is -0.140. The number of carbonyl (C=O) groups is 1. The summed E-state index contributed by atoms with van der Waals surface area (Å²) in [7, 11) is 0. The van der Waals surface area contributed by atoms with Crippen LogP contribution in [0.25, 0.3) is 0 Å². The molecule has 2 unspecified atom stereocenters. The second kappa shape index (κ2) is 6.74. The number of carbonyl (C=O) groups excluding carboxylic acids is 1. The van der Waals surface area contributed by atoms with Gasteiger partial charge in [-0.15, -0.1) is 0 Å². The first-order chi connectivity index (χ1) is 9.13. The molecule has 0 aromatic heterocycles. The van der Waals surface area contributed by atoms with Crippen molar-refractivity contribution in [2.24, 2.45) is 5.92 Å². The van der Waals surface area contributed by atoms with Crippen molar-refractivity contribution in [3.05, 3.63) is 0 Å². The minimum Gasteiger partial charge on any atom is -0.338 e. The Labute approximate surface area is 118 Å². The zero-order chi connectivity index (χ0) is 13.8. The van der Waals surface area contributed by atoms with Gasteiger partial charge in [0.05, 0.1) is 6.04 Å². The first kappa shape index (κ1) is 14.8. The van der Waals surface area contributed by atoms with Crippen molar-refractivity contribution in [3.63, 3.8) is 0 Å². The summed E-state index contributed by atoms with van der Waals surface area (Å²) in [6.45, 7) is 9.81. The van der Waals surface area contributed by atoms with E-state index in [1.54, 1.807) is 0 Å². The zero-order valence-corrected chi connectivity index (χ0v) is 12.9. The van der Waals surface area contributed by atoms with Gasteiger partial charge in [0.2, 0.25) is 5.91 Å². The topological polar surface area (TPSA) is 23.6 Å². The van der Waals surface area contributed by atoms with Gasteiger partial charge in [-0.2, -0.15) is 0 Å². The van der Waals surface area contributed by atoms with Gasteiger partial charge in [0.25, 0.3) is 0 Å². The van der Waals surface area contributed by atoms with Crippen molar-refractivity contribution in [2.75, 3.05) is 19.6 Å². The molecule has 0 spiro atoms. The summed E-state index contributed by atoms with van der Waals surface area (Å²) < 4.78 is 0. The number of hydrogen-bond donors (Lipinski definition) is 0. The molecule has 2 rings (SSSR count). The molecule has 0 radical (unpaired) electrons. The van der Waals surface area contributed by atoms with Crippen LogP contribution in [0, 0.1) is 5.92 Å². The molecule has 0 aliphatic carbocycles. The van der Waals surface area contributed by atoms with E-state index in [1.807, 2.05) is 0 Å². The summed E-state index contributed by atoms with van der Waals surface area (Å²) in [5.41, 5.74) is 0. The van der Waals surface area contributed by atoms with E-state index in [0.29, 0.717) is 11.9 Å². The van der Waals surface area contributed by atoms with Gasteiger partial charge in [0.15, 0.2) is 0 Å². The first-order valence-corrected chi connectivity index (χ1v) is 8.18. The molecule has 110 valence electrons. The van der Waals surface area contributed by atoms with Crippen LogP contribution in [0.1, 0.15) is 59.3 Å². The minimum atomic E-state index is 0.0830. The van der Waals surface area contributed by atoms with Gasteiger partial charge in [-0.3, -0.25) is 9.69 Å². The van der Waals surface area contributed by atoms with Crippen molar-refractivity contribution in [1.82, 2.24) is 9.80 Å². The smallest absolute Gasteiger partial charge is 0.239 e. The maximum Gasteiger partial charge on any atom is 0.239 e. The van der Waals surface area contributed by atoms with Crippen LogP contribution in [-0.4, -0.2) is 47.4 Å². The number of hydrogen-bond acceptors (Lipinski definition) is 2. The Kier molecular flexibility index (Phi) is 5.26. The molecule has 3 heteroatoms. The summed E-state index contributed by atoms with van der Waals surface area (Å²) in [6.07, 6.45) is 7.27. The molecule has 1 amide bonds. The number of nitrogens with zero attached hydrogens (tertiary/aromatic N) is 2. The quantitative estimate of drug-likeness (QED) is 0.784. The first-order valence-electron chi connectivity index (χ1n) is 8.18. The van der Waals surface area contributed by atoms with Crippen molar-refractivity contribution in [2.45, 2.75) is 71.4 Å². The summed E-state index contributed by atoms with van der Waals surface area (Å²) in [5, 5.41) is 0. The highest BCUT2D eigenvalue weighted by Crippen LogP contribution is 2.23. The van der Waals surface area contributed by atoms with Gasteiger partial charge >= 0.3 is 0 Å². The Hall–Kier alpha value is -0.570. The van der Waals surface area contributed by atoms with E-state index in [1.165, 1.54) is 32.1 Å². The maximum absolute atomic E-state index is 12.7. The lowest BCUT2D eigenvalue weighted by atomic mass is 9.96. The molecule has 0 aromatic rings. The van der Waals surface area contributed by atoms with Gasteiger partial charge in [-0.05, 0) is 64.5 Å². The maximum atomic E-state index is 12.7.